The van der Waals surface area contributed by atoms with Gasteiger partial charge in [-0.15, -0.1) is 0 Å². The van der Waals surface area contributed by atoms with Crippen LogP contribution in [0.3, 0.4) is 0 Å². The Bertz CT molecular complexity index is 1870. The zero-order valence-electron chi connectivity index (χ0n) is 23.5. The van der Waals surface area contributed by atoms with E-state index in [1.807, 2.05) is 6.07 Å². The van der Waals surface area contributed by atoms with Crippen LogP contribution >= 0.6 is 11.6 Å². The molecule has 1 aliphatic rings. The molecule has 43 heavy (non-hydrogen) atoms. The van der Waals surface area contributed by atoms with Crippen LogP contribution < -0.4 is 14.4 Å². The molecular weight excluding hydrogens is 610 g/mol. The monoisotopic (exact) mass is 639 g/mol. The molecule has 0 saturated heterocycles. The maximum Gasteiger partial charge on any atom is 0.264 e. The van der Waals surface area contributed by atoms with E-state index in [0.717, 1.165) is 15.4 Å². The Morgan fingerprint density at radius 2 is 1.67 bits per heavy atom. The molecule has 9 nitrogen and oxygen atoms in total. The number of halogens is 1. The minimum absolute atomic E-state index is 0.0423. The molecule has 4 aromatic rings. The number of ether oxygens (including phenoxy) is 1. The normalized spacial score (nSPS) is 13.2. The van der Waals surface area contributed by atoms with Crippen LogP contribution in [-0.4, -0.2) is 47.2 Å². The molecular formula is C31H30ClN3O6S2. The summed E-state index contributed by atoms with van der Waals surface area (Å²) in [4.78, 5) is 13.4. The average Bonchev–Trinajstić information content (AvgIpc) is 3.42. The van der Waals surface area contributed by atoms with Gasteiger partial charge in [0.1, 0.15) is 10.6 Å². The fourth-order valence-corrected chi connectivity index (χ4v) is 8.16. The van der Waals surface area contributed by atoms with Gasteiger partial charge in [0, 0.05) is 23.8 Å². The second-order valence-corrected chi connectivity index (χ2v) is 14.3. The van der Waals surface area contributed by atoms with E-state index in [1.54, 1.807) is 61.5 Å². The number of aryl methyl sites for hydroxylation is 1. The second-order valence-electron chi connectivity index (χ2n) is 10.1. The number of anilines is 2. The molecule has 224 valence electrons. The van der Waals surface area contributed by atoms with E-state index in [4.69, 9.17) is 16.3 Å². The number of methoxy groups -OCH3 is 1. The number of nitrogens with zero attached hydrogens (tertiary/aromatic N) is 2. The molecule has 0 aliphatic carbocycles. The lowest BCUT2D eigenvalue weighted by Gasteiger charge is -2.23. The van der Waals surface area contributed by atoms with Gasteiger partial charge in [-0.05, 0) is 78.6 Å². The molecule has 0 radical (unpaired) electrons. The number of sulfonamides is 2. The van der Waals surface area contributed by atoms with Gasteiger partial charge in [0.2, 0.25) is 15.9 Å². The molecule has 0 unspecified atom stereocenters. The molecule has 1 heterocycles. The fraction of sp³-hybridized carbons (Fsp3) is 0.194. The van der Waals surface area contributed by atoms with E-state index in [1.165, 1.54) is 41.7 Å². The van der Waals surface area contributed by atoms with E-state index in [2.05, 4.69) is 5.32 Å². The summed E-state index contributed by atoms with van der Waals surface area (Å²) in [7, 11) is -6.65. The zero-order valence-corrected chi connectivity index (χ0v) is 25.9. The summed E-state index contributed by atoms with van der Waals surface area (Å²) in [5.41, 5.74) is 3.03. The van der Waals surface area contributed by atoms with Crippen LogP contribution in [0.2, 0.25) is 5.02 Å². The minimum Gasteiger partial charge on any atom is -0.495 e. The topological polar surface area (TPSA) is 113 Å². The SMILES string of the molecule is COc1ccc(C)cc1S(=O)(=O)N(CC(=O)Nc1ccc2c(c1)N(S(=O)(=O)c1ccc(Cl)cc1)CC2)Cc1ccccc1. The van der Waals surface area contributed by atoms with Gasteiger partial charge in [0.15, 0.2) is 0 Å². The summed E-state index contributed by atoms with van der Waals surface area (Å²) in [6, 6.07) is 24.8. The molecule has 0 fully saturated rings. The molecule has 4 aromatic carbocycles. The molecule has 5 rings (SSSR count). The molecule has 1 N–H and O–H groups in total. The highest BCUT2D eigenvalue weighted by Crippen LogP contribution is 2.35. The van der Waals surface area contributed by atoms with E-state index < -0.39 is 32.5 Å². The van der Waals surface area contributed by atoms with Crippen molar-refractivity contribution in [2.24, 2.45) is 0 Å². The standard InChI is InChI=1S/C31H30ClN3O6S2/c1-22-8-15-29(41-2)30(18-22)43(39,40)34(20-23-6-4-3-5-7-23)21-31(36)33-26-12-9-24-16-17-35(28(24)19-26)42(37,38)27-13-10-25(32)11-14-27/h3-15,18-19H,16-17,20-21H2,1-2H3,(H,33,36). The molecule has 12 heteroatoms. The number of rotatable bonds is 10. The quantitative estimate of drug-likeness (QED) is 0.254. The predicted molar refractivity (Wildman–Crippen MR) is 167 cm³/mol. The molecule has 0 saturated carbocycles. The van der Waals surface area contributed by atoms with Crippen LogP contribution in [0.15, 0.2) is 101 Å². The number of fused-ring (bicyclic) bond motifs is 1. The first-order valence-electron chi connectivity index (χ1n) is 13.4. The zero-order chi connectivity index (χ0) is 30.8. The summed E-state index contributed by atoms with van der Waals surface area (Å²) in [6.45, 7) is 1.49. The molecule has 0 atom stereocenters. The van der Waals surface area contributed by atoms with Gasteiger partial charge < -0.3 is 10.1 Å². The van der Waals surface area contributed by atoms with Gasteiger partial charge in [-0.1, -0.05) is 54.1 Å². The Hall–Kier alpha value is -3.90. The van der Waals surface area contributed by atoms with Crippen molar-refractivity contribution < 1.29 is 26.4 Å². The molecule has 0 aromatic heterocycles. The number of hydrogen-bond donors (Lipinski definition) is 1. The van der Waals surface area contributed by atoms with Crippen LogP contribution in [0.4, 0.5) is 11.4 Å². The van der Waals surface area contributed by atoms with Crippen LogP contribution in [-0.2, 0) is 37.8 Å². The first-order chi connectivity index (χ1) is 20.5. The number of carbonyl (C=O) groups excluding carboxylic acids is 1. The summed E-state index contributed by atoms with van der Waals surface area (Å²) >= 11 is 5.94. The van der Waals surface area contributed by atoms with Crippen LogP contribution in [0.25, 0.3) is 0 Å². The number of carbonyl (C=O) groups is 1. The highest BCUT2D eigenvalue weighted by atomic mass is 35.5. The third kappa shape index (κ3) is 6.54. The second kappa shape index (κ2) is 12.4. The number of nitrogens with one attached hydrogen (secondary N) is 1. The van der Waals surface area contributed by atoms with Gasteiger partial charge in [-0.2, -0.15) is 4.31 Å². The number of hydrogen-bond acceptors (Lipinski definition) is 6. The van der Waals surface area contributed by atoms with Gasteiger partial charge in [-0.3, -0.25) is 9.10 Å². The first-order valence-corrected chi connectivity index (χ1v) is 16.6. The van der Waals surface area contributed by atoms with Crippen LogP contribution in [0.5, 0.6) is 5.75 Å². The van der Waals surface area contributed by atoms with Crippen molar-refractivity contribution in [1.82, 2.24) is 4.31 Å². The van der Waals surface area contributed by atoms with Crippen molar-refractivity contribution in [2.45, 2.75) is 29.7 Å². The average molecular weight is 640 g/mol. The van der Waals surface area contributed by atoms with E-state index >= 15 is 0 Å². The minimum atomic E-state index is -4.17. The third-order valence-corrected chi connectivity index (χ3v) is 11.0. The Morgan fingerprint density at radius 3 is 2.37 bits per heavy atom. The van der Waals surface area contributed by atoms with Crippen molar-refractivity contribution >= 4 is 48.9 Å². The maximum atomic E-state index is 13.9. The van der Waals surface area contributed by atoms with Gasteiger partial charge in [-0.25, -0.2) is 16.8 Å². The van der Waals surface area contributed by atoms with Crippen LogP contribution in [0, 0.1) is 6.92 Å². The highest BCUT2D eigenvalue weighted by molar-refractivity contribution is 7.92. The summed E-state index contributed by atoms with van der Waals surface area (Å²) in [6.07, 6.45) is 0.512. The van der Waals surface area contributed by atoms with E-state index in [-0.39, 0.29) is 28.6 Å². The maximum absolute atomic E-state index is 13.9. The van der Waals surface area contributed by atoms with Gasteiger partial charge in [0.25, 0.3) is 10.0 Å². The molecule has 0 spiro atoms. The summed E-state index contributed by atoms with van der Waals surface area (Å²) in [5, 5.41) is 3.18. The van der Waals surface area contributed by atoms with Gasteiger partial charge >= 0.3 is 0 Å². The Morgan fingerprint density at radius 1 is 0.953 bits per heavy atom. The predicted octanol–water partition coefficient (Wildman–Crippen LogP) is 5.24. The van der Waals surface area contributed by atoms with Crippen molar-refractivity contribution in [3.8, 4) is 5.75 Å². The Kier molecular flexibility index (Phi) is 8.79. The highest BCUT2D eigenvalue weighted by Gasteiger charge is 2.32. The molecule has 0 bridgehead atoms. The summed E-state index contributed by atoms with van der Waals surface area (Å²) < 4.78 is 62.3. The first kappa shape index (κ1) is 30.6. The van der Waals surface area contributed by atoms with Crippen molar-refractivity contribution in [3.05, 3.63) is 113 Å². The largest absolute Gasteiger partial charge is 0.495 e. The van der Waals surface area contributed by atoms with Gasteiger partial charge in [0.05, 0.1) is 24.2 Å². The number of benzene rings is 4. The Labute approximate surface area is 256 Å². The molecule has 1 amide bonds. The molecule has 1 aliphatic heterocycles. The lowest BCUT2D eigenvalue weighted by atomic mass is 10.1. The summed E-state index contributed by atoms with van der Waals surface area (Å²) in [5.74, 6) is -0.416. The Balaban J connectivity index is 1.41. The lowest BCUT2D eigenvalue weighted by molar-refractivity contribution is -0.116. The van der Waals surface area contributed by atoms with Crippen LogP contribution in [0.1, 0.15) is 16.7 Å². The lowest BCUT2D eigenvalue weighted by Crippen LogP contribution is -2.37. The van der Waals surface area contributed by atoms with E-state index in [9.17, 15) is 21.6 Å². The van der Waals surface area contributed by atoms with Crippen molar-refractivity contribution in [3.63, 3.8) is 0 Å². The van der Waals surface area contributed by atoms with E-state index in [0.29, 0.717) is 28.4 Å². The number of amides is 1. The fourth-order valence-electron chi connectivity index (χ4n) is 4.91. The van der Waals surface area contributed by atoms with Crippen molar-refractivity contribution in [2.75, 3.05) is 29.8 Å². The smallest absolute Gasteiger partial charge is 0.264 e. The van der Waals surface area contributed by atoms with Crippen molar-refractivity contribution in [1.29, 1.82) is 0 Å². The third-order valence-electron chi connectivity index (χ3n) is 7.08.